The van der Waals surface area contributed by atoms with E-state index in [1.807, 2.05) is 19.9 Å². The van der Waals surface area contributed by atoms with Gasteiger partial charge in [0.2, 0.25) is 5.89 Å². The van der Waals surface area contributed by atoms with Gasteiger partial charge in [0.15, 0.2) is 5.82 Å². The van der Waals surface area contributed by atoms with E-state index in [-0.39, 0.29) is 5.91 Å². The van der Waals surface area contributed by atoms with Crippen molar-refractivity contribution in [2.45, 2.75) is 40.7 Å². The molecule has 0 spiro atoms. The molecule has 0 aromatic carbocycles. The predicted molar refractivity (Wildman–Crippen MR) is 79.3 cm³/mol. The maximum atomic E-state index is 12.5. The van der Waals surface area contributed by atoms with Crippen molar-refractivity contribution in [3.05, 3.63) is 34.7 Å². The van der Waals surface area contributed by atoms with Crippen LogP contribution in [0, 0.1) is 20.8 Å². The number of hydrogen-bond acceptors (Lipinski definition) is 4. The van der Waals surface area contributed by atoms with Crippen LogP contribution in [-0.2, 0) is 13.0 Å². The van der Waals surface area contributed by atoms with E-state index in [0.29, 0.717) is 24.7 Å². The second-order valence-electron chi connectivity index (χ2n) is 5.24. The summed E-state index contributed by atoms with van der Waals surface area (Å²) in [7, 11) is 1.80. The van der Waals surface area contributed by atoms with E-state index in [2.05, 4.69) is 21.6 Å². The topological polar surface area (TPSA) is 64.2 Å². The highest BCUT2D eigenvalue weighted by molar-refractivity contribution is 5.95. The first-order valence-corrected chi connectivity index (χ1v) is 7.15. The smallest absolute Gasteiger partial charge is 0.255 e. The van der Waals surface area contributed by atoms with Crippen LogP contribution in [0.3, 0.4) is 0 Å². The largest absolute Gasteiger partial charge is 0.349 e. The summed E-state index contributed by atoms with van der Waals surface area (Å²) in [5.74, 6) is 1.21. The first-order valence-electron chi connectivity index (χ1n) is 7.15. The van der Waals surface area contributed by atoms with Crippen molar-refractivity contribution in [2.75, 3.05) is 13.6 Å². The van der Waals surface area contributed by atoms with Crippen molar-refractivity contribution in [1.82, 2.24) is 19.6 Å². The number of likely N-dealkylation sites (N-methyl/N-ethyl adjacent to an activating group) is 1. The van der Waals surface area contributed by atoms with Crippen LogP contribution >= 0.6 is 0 Å². The van der Waals surface area contributed by atoms with Gasteiger partial charge in [-0.1, -0.05) is 5.16 Å². The molecule has 2 aromatic rings. The molecule has 0 aliphatic carbocycles. The maximum absolute atomic E-state index is 12.5. The third kappa shape index (κ3) is 3.15. The molecule has 6 nitrogen and oxygen atoms in total. The van der Waals surface area contributed by atoms with Crippen LogP contribution < -0.4 is 0 Å². The SMILES string of the molecule is CCn1c(C)cc(C(=O)N(C)CCc2noc(C)n2)c1C. The number of carbonyl (C=O) groups is 1. The first kappa shape index (κ1) is 15.3. The van der Waals surface area contributed by atoms with Gasteiger partial charge < -0.3 is 14.0 Å². The Morgan fingerprint density at radius 3 is 2.62 bits per heavy atom. The van der Waals surface area contributed by atoms with Gasteiger partial charge in [-0.2, -0.15) is 4.98 Å². The Morgan fingerprint density at radius 1 is 1.38 bits per heavy atom. The Hall–Kier alpha value is -2.11. The van der Waals surface area contributed by atoms with Crippen LogP contribution in [0.15, 0.2) is 10.6 Å². The summed E-state index contributed by atoms with van der Waals surface area (Å²) in [6, 6.07) is 1.95. The summed E-state index contributed by atoms with van der Waals surface area (Å²) in [5, 5.41) is 3.84. The molecule has 2 heterocycles. The van der Waals surface area contributed by atoms with Gasteiger partial charge in [-0.3, -0.25) is 4.79 Å². The molecule has 2 rings (SSSR count). The molecule has 0 radical (unpaired) electrons. The summed E-state index contributed by atoms with van der Waals surface area (Å²) in [5.41, 5.74) is 2.89. The monoisotopic (exact) mass is 290 g/mol. The van der Waals surface area contributed by atoms with Crippen molar-refractivity contribution in [1.29, 1.82) is 0 Å². The van der Waals surface area contributed by atoms with E-state index in [0.717, 1.165) is 23.5 Å². The number of aromatic nitrogens is 3. The number of rotatable bonds is 5. The van der Waals surface area contributed by atoms with Crippen molar-refractivity contribution in [3.63, 3.8) is 0 Å². The summed E-state index contributed by atoms with van der Waals surface area (Å²) >= 11 is 0. The molecular weight excluding hydrogens is 268 g/mol. The van der Waals surface area contributed by atoms with E-state index in [1.54, 1.807) is 18.9 Å². The third-order valence-corrected chi connectivity index (χ3v) is 3.71. The Balaban J connectivity index is 2.05. The fourth-order valence-corrected chi connectivity index (χ4v) is 2.52. The number of carbonyl (C=O) groups excluding carboxylic acids is 1. The standard InChI is InChI=1S/C15H22N4O2/c1-6-19-10(2)9-13(11(19)3)15(20)18(5)8-7-14-16-12(4)21-17-14/h9H,6-8H2,1-5H3. The Bertz CT molecular complexity index is 642. The molecule has 0 saturated heterocycles. The van der Waals surface area contributed by atoms with Crippen LogP contribution in [0.25, 0.3) is 0 Å². The molecule has 0 aliphatic rings. The van der Waals surface area contributed by atoms with Gasteiger partial charge in [0.1, 0.15) is 0 Å². The highest BCUT2D eigenvalue weighted by Gasteiger charge is 2.18. The summed E-state index contributed by atoms with van der Waals surface area (Å²) in [6.07, 6.45) is 0.589. The zero-order valence-electron chi connectivity index (χ0n) is 13.3. The quantitative estimate of drug-likeness (QED) is 0.846. The normalized spacial score (nSPS) is 10.9. The summed E-state index contributed by atoms with van der Waals surface area (Å²) in [6.45, 7) is 9.28. The van der Waals surface area contributed by atoms with Crippen molar-refractivity contribution in [2.24, 2.45) is 0 Å². The van der Waals surface area contributed by atoms with Crippen molar-refractivity contribution >= 4 is 5.91 Å². The second kappa shape index (κ2) is 6.11. The molecule has 21 heavy (non-hydrogen) atoms. The van der Waals surface area contributed by atoms with Gasteiger partial charge in [0, 0.05) is 44.9 Å². The lowest BCUT2D eigenvalue weighted by molar-refractivity contribution is 0.0795. The highest BCUT2D eigenvalue weighted by atomic mass is 16.5. The Labute approximate surface area is 124 Å². The number of nitrogens with zero attached hydrogens (tertiary/aromatic N) is 4. The Morgan fingerprint density at radius 2 is 2.10 bits per heavy atom. The van der Waals surface area contributed by atoms with E-state index in [4.69, 9.17) is 4.52 Å². The fraction of sp³-hybridized carbons (Fsp3) is 0.533. The molecular formula is C15H22N4O2. The minimum absolute atomic E-state index is 0.0306. The van der Waals surface area contributed by atoms with Gasteiger partial charge in [0.05, 0.1) is 5.56 Å². The summed E-state index contributed by atoms with van der Waals surface area (Å²) < 4.78 is 7.07. The van der Waals surface area contributed by atoms with Crippen molar-refractivity contribution < 1.29 is 9.32 Å². The predicted octanol–water partition coefficient (Wildman–Crippen LogP) is 2.13. The maximum Gasteiger partial charge on any atom is 0.255 e. The molecule has 0 unspecified atom stereocenters. The number of amides is 1. The van der Waals surface area contributed by atoms with Crippen LogP contribution in [0.2, 0.25) is 0 Å². The molecule has 0 fully saturated rings. The molecule has 114 valence electrons. The average molecular weight is 290 g/mol. The van der Waals surface area contributed by atoms with E-state index < -0.39 is 0 Å². The molecule has 0 bridgehead atoms. The molecule has 6 heteroatoms. The van der Waals surface area contributed by atoms with Crippen LogP contribution in [0.1, 0.15) is 40.4 Å². The minimum Gasteiger partial charge on any atom is -0.349 e. The molecule has 0 aliphatic heterocycles. The second-order valence-corrected chi connectivity index (χ2v) is 5.24. The lowest BCUT2D eigenvalue weighted by atomic mass is 10.2. The van der Waals surface area contributed by atoms with E-state index in [9.17, 15) is 4.79 Å². The van der Waals surface area contributed by atoms with E-state index in [1.165, 1.54) is 0 Å². The average Bonchev–Trinajstić information content (AvgIpc) is 2.99. The molecule has 1 amide bonds. The first-order chi connectivity index (χ1) is 9.93. The summed E-state index contributed by atoms with van der Waals surface area (Å²) in [4.78, 5) is 18.4. The van der Waals surface area contributed by atoms with Crippen molar-refractivity contribution in [3.8, 4) is 0 Å². The van der Waals surface area contributed by atoms with Crippen LogP contribution in [0.4, 0.5) is 0 Å². The Kier molecular flexibility index (Phi) is 4.45. The minimum atomic E-state index is 0.0306. The zero-order chi connectivity index (χ0) is 15.6. The third-order valence-electron chi connectivity index (χ3n) is 3.71. The zero-order valence-corrected chi connectivity index (χ0v) is 13.3. The lowest BCUT2D eigenvalue weighted by Crippen LogP contribution is -2.29. The van der Waals surface area contributed by atoms with Gasteiger partial charge in [-0.25, -0.2) is 0 Å². The molecule has 0 saturated carbocycles. The van der Waals surface area contributed by atoms with E-state index >= 15 is 0 Å². The molecule has 0 atom stereocenters. The number of hydrogen-bond donors (Lipinski definition) is 0. The van der Waals surface area contributed by atoms with Gasteiger partial charge in [0.25, 0.3) is 5.91 Å². The lowest BCUT2D eigenvalue weighted by Gasteiger charge is -2.16. The number of aryl methyl sites for hydroxylation is 2. The van der Waals surface area contributed by atoms with Gasteiger partial charge in [-0.15, -0.1) is 0 Å². The van der Waals surface area contributed by atoms with Gasteiger partial charge >= 0.3 is 0 Å². The van der Waals surface area contributed by atoms with Crippen LogP contribution in [-0.4, -0.2) is 39.1 Å². The fourth-order valence-electron chi connectivity index (χ4n) is 2.52. The highest BCUT2D eigenvalue weighted by Crippen LogP contribution is 2.16. The molecule has 2 aromatic heterocycles. The van der Waals surface area contributed by atoms with Gasteiger partial charge in [-0.05, 0) is 26.8 Å². The van der Waals surface area contributed by atoms with Crippen LogP contribution in [0.5, 0.6) is 0 Å². The molecule has 0 N–H and O–H groups in total.